The maximum Gasteiger partial charge on any atom is 0.263 e. The number of pyridine rings is 1. The van der Waals surface area contributed by atoms with Crippen LogP contribution in [0.1, 0.15) is 54.4 Å². The van der Waals surface area contributed by atoms with E-state index in [2.05, 4.69) is 19.9 Å². The van der Waals surface area contributed by atoms with E-state index < -0.39 is 5.60 Å². The van der Waals surface area contributed by atoms with Gasteiger partial charge in [0.25, 0.3) is 11.5 Å². The molecule has 2 saturated heterocycles. The van der Waals surface area contributed by atoms with Gasteiger partial charge in [-0.05, 0) is 51.8 Å². The number of ether oxygens (including phenoxy) is 2. The van der Waals surface area contributed by atoms with E-state index >= 15 is 0 Å². The van der Waals surface area contributed by atoms with Gasteiger partial charge in [0, 0.05) is 30.8 Å². The minimum atomic E-state index is -0.401. The molecule has 6 heteroatoms. The summed E-state index contributed by atoms with van der Waals surface area (Å²) in [7, 11) is 1.70. The molecule has 0 N–H and O–H groups in total. The van der Waals surface area contributed by atoms with Crippen molar-refractivity contribution in [1.29, 1.82) is 0 Å². The summed E-state index contributed by atoms with van der Waals surface area (Å²) in [5.41, 5.74) is 1.52. The summed E-state index contributed by atoms with van der Waals surface area (Å²) in [4.78, 5) is 27.9. The first-order valence-corrected chi connectivity index (χ1v) is 10.7. The molecule has 0 aliphatic carbocycles. The molecule has 0 spiro atoms. The molecule has 158 valence electrons. The Balaban J connectivity index is 1.46. The van der Waals surface area contributed by atoms with Crippen LogP contribution in [-0.2, 0) is 11.8 Å². The Morgan fingerprint density at radius 3 is 2.73 bits per heavy atom. The van der Waals surface area contributed by atoms with E-state index in [1.54, 1.807) is 13.1 Å². The fraction of sp³-hybridized carbons (Fsp3) is 0.500. The number of nitrogens with zero attached hydrogens (tertiary/aromatic N) is 2. The normalized spacial score (nSPS) is 28.9. The highest BCUT2D eigenvalue weighted by molar-refractivity contribution is 5.94. The molecule has 5 rings (SSSR count). The molecular formula is C24H28N2O4. The van der Waals surface area contributed by atoms with Crippen molar-refractivity contribution in [2.24, 2.45) is 13.0 Å². The van der Waals surface area contributed by atoms with Gasteiger partial charge in [-0.2, -0.15) is 0 Å². The van der Waals surface area contributed by atoms with E-state index in [9.17, 15) is 9.59 Å². The van der Waals surface area contributed by atoms with Crippen molar-refractivity contribution in [3.8, 4) is 5.75 Å². The van der Waals surface area contributed by atoms with Crippen LogP contribution in [0.25, 0.3) is 0 Å². The molecule has 1 amide bonds. The van der Waals surface area contributed by atoms with E-state index in [0.29, 0.717) is 6.54 Å². The largest absolute Gasteiger partial charge is 0.487 e. The molecule has 0 bridgehead atoms. The molecule has 4 atom stereocenters. The van der Waals surface area contributed by atoms with E-state index in [4.69, 9.17) is 9.47 Å². The first-order chi connectivity index (χ1) is 14.3. The predicted octanol–water partition coefficient (Wildman–Crippen LogP) is 3.23. The van der Waals surface area contributed by atoms with Crippen molar-refractivity contribution in [2.75, 3.05) is 6.54 Å². The summed E-state index contributed by atoms with van der Waals surface area (Å²) in [6.45, 7) is 6.66. The van der Waals surface area contributed by atoms with E-state index in [0.717, 1.165) is 29.8 Å². The van der Waals surface area contributed by atoms with Gasteiger partial charge in [-0.3, -0.25) is 9.59 Å². The van der Waals surface area contributed by atoms with Gasteiger partial charge in [0.1, 0.15) is 16.9 Å². The van der Waals surface area contributed by atoms with E-state index in [-0.39, 0.29) is 41.2 Å². The molecular weight excluding hydrogens is 380 g/mol. The molecule has 2 fully saturated rings. The second kappa shape index (κ2) is 6.71. The van der Waals surface area contributed by atoms with Gasteiger partial charge in [-0.15, -0.1) is 0 Å². The minimum Gasteiger partial charge on any atom is -0.487 e. The number of hydrogen-bond acceptors (Lipinski definition) is 4. The number of aryl methyl sites for hydroxylation is 1. The van der Waals surface area contributed by atoms with Gasteiger partial charge >= 0.3 is 0 Å². The highest BCUT2D eigenvalue weighted by Gasteiger charge is 2.53. The van der Waals surface area contributed by atoms with Crippen LogP contribution in [-0.4, -0.2) is 39.7 Å². The molecule has 0 unspecified atom stereocenters. The smallest absolute Gasteiger partial charge is 0.263 e. The number of benzene rings is 1. The number of para-hydroxylation sites is 1. The van der Waals surface area contributed by atoms with Crippen molar-refractivity contribution in [3.63, 3.8) is 0 Å². The molecule has 30 heavy (non-hydrogen) atoms. The standard InChI is InChI=1S/C24H28N2O4/c1-14-9-10-16(22(27)25(14)4)23(28)26-12-11-20-18(26)13-17-21(29-20)15-7-5-6-8-19(15)30-24(17,2)3/h5-10,17-18,20-21H,11-13H2,1-4H3/t17-,18-,20-,21+/m1/s1. The van der Waals surface area contributed by atoms with Crippen LogP contribution in [0, 0.1) is 12.8 Å². The summed E-state index contributed by atoms with van der Waals surface area (Å²) in [5, 5.41) is 0. The third-order valence-corrected chi connectivity index (χ3v) is 7.20. The minimum absolute atomic E-state index is 0.0218. The Bertz CT molecular complexity index is 1070. The number of fused-ring (bicyclic) bond motifs is 4. The van der Waals surface area contributed by atoms with Crippen LogP contribution in [0.5, 0.6) is 5.75 Å². The van der Waals surface area contributed by atoms with E-state index in [1.807, 2.05) is 36.1 Å². The summed E-state index contributed by atoms with van der Waals surface area (Å²) < 4.78 is 14.5. The van der Waals surface area contributed by atoms with Crippen LogP contribution in [0.15, 0.2) is 41.2 Å². The van der Waals surface area contributed by atoms with Gasteiger partial charge < -0.3 is 18.9 Å². The molecule has 4 heterocycles. The number of carbonyl (C=O) groups excluding carboxylic acids is 1. The third kappa shape index (κ3) is 2.81. The van der Waals surface area contributed by atoms with Gasteiger partial charge in [-0.1, -0.05) is 18.2 Å². The highest BCUT2D eigenvalue weighted by atomic mass is 16.5. The molecule has 3 aliphatic rings. The molecule has 3 aliphatic heterocycles. The van der Waals surface area contributed by atoms with Crippen LogP contribution >= 0.6 is 0 Å². The average molecular weight is 408 g/mol. The Labute approximate surface area is 176 Å². The van der Waals surface area contributed by atoms with Gasteiger partial charge in [-0.25, -0.2) is 0 Å². The Hall–Kier alpha value is -2.60. The lowest BCUT2D eigenvalue weighted by atomic mass is 9.74. The SMILES string of the molecule is Cc1ccc(C(=O)N2CC[C@H]3O[C@H]4c5ccccc5OC(C)(C)[C@@H]4C[C@H]32)c(=O)n1C. The monoisotopic (exact) mass is 408 g/mol. The van der Waals surface area contributed by atoms with Gasteiger partial charge in [0.15, 0.2) is 0 Å². The fourth-order valence-electron chi connectivity index (χ4n) is 5.33. The van der Waals surface area contributed by atoms with Crippen molar-refractivity contribution >= 4 is 5.91 Å². The molecule has 1 aromatic carbocycles. The fourth-order valence-corrected chi connectivity index (χ4v) is 5.33. The Morgan fingerprint density at radius 2 is 1.93 bits per heavy atom. The quantitative estimate of drug-likeness (QED) is 0.727. The first kappa shape index (κ1) is 19.4. The summed E-state index contributed by atoms with van der Waals surface area (Å²) in [6, 6.07) is 11.5. The van der Waals surface area contributed by atoms with Gasteiger partial charge in [0.05, 0.1) is 18.2 Å². The van der Waals surface area contributed by atoms with E-state index in [1.165, 1.54) is 4.57 Å². The number of amides is 1. The third-order valence-electron chi connectivity index (χ3n) is 7.20. The molecule has 0 radical (unpaired) electrons. The van der Waals surface area contributed by atoms with Crippen molar-refractivity contribution in [3.05, 3.63) is 63.6 Å². The Morgan fingerprint density at radius 1 is 1.17 bits per heavy atom. The first-order valence-electron chi connectivity index (χ1n) is 10.7. The number of hydrogen-bond donors (Lipinski definition) is 0. The zero-order chi connectivity index (χ0) is 21.2. The highest BCUT2D eigenvalue weighted by Crippen LogP contribution is 2.52. The zero-order valence-corrected chi connectivity index (χ0v) is 17.9. The van der Waals surface area contributed by atoms with Crippen molar-refractivity contribution in [2.45, 2.75) is 57.5 Å². The summed E-state index contributed by atoms with van der Waals surface area (Å²) in [6.07, 6.45) is 1.53. The van der Waals surface area contributed by atoms with Crippen LogP contribution in [0.4, 0.5) is 0 Å². The number of carbonyl (C=O) groups is 1. The lowest BCUT2D eigenvalue weighted by Crippen LogP contribution is -2.54. The van der Waals surface area contributed by atoms with Crippen molar-refractivity contribution in [1.82, 2.24) is 9.47 Å². The second-order valence-electron chi connectivity index (χ2n) is 9.29. The topological polar surface area (TPSA) is 60.8 Å². The maximum atomic E-state index is 13.3. The van der Waals surface area contributed by atoms with Crippen molar-refractivity contribution < 1.29 is 14.3 Å². The lowest BCUT2D eigenvalue weighted by molar-refractivity contribution is -0.159. The number of likely N-dealkylation sites (tertiary alicyclic amines) is 1. The zero-order valence-electron chi connectivity index (χ0n) is 17.9. The second-order valence-corrected chi connectivity index (χ2v) is 9.29. The van der Waals surface area contributed by atoms with Crippen LogP contribution < -0.4 is 10.3 Å². The predicted molar refractivity (Wildman–Crippen MR) is 113 cm³/mol. The van der Waals surface area contributed by atoms with Gasteiger partial charge in [0.2, 0.25) is 0 Å². The molecule has 2 aromatic rings. The molecule has 1 aromatic heterocycles. The Kier molecular flexibility index (Phi) is 4.33. The van der Waals surface area contributed by atoms with Crippen LogP contribution in [0.3, 0.4) is 0 Å². The molecule has 6 nitrogen and oxygen atoms in total. The number of aromatic nitrogens is 1. The number of rotatable bonds is 1. The molecule has 0 saturated carbocycles. The average Bonchev–Trinajstić information content (AvgIpc) is 3.13. The summed E-state index contributed by atoms with van der Waals surface area (Å²) in [5.74, 6) is 0.819. The summed E-state index contributed by atoms with van der Waals surface area (Å²) >= 11 is 0. The lowest BCUT2D eigenvalue weighted by Gasteiger charge is -2.50. The maximum absolute atomic E-state index is 13.3. The van der Waals surface area contributed by atoms with Crippen LogP contribution in [0.2, 0.25) is 0 Å².